The van der Waals surface area contributed by atoms with Crippen LogP contribution in [0, 0.1) is 0 Å². The van der Waals surface area contributed by atoms with Crippen LogP contribution in [0.3, 0.4) is 0 Å². The van der Waals surface area contributed by atoms with Gasteiger partial charge in [0.05, 0.1) is 11.1 Å². The number of halogens is 2. The summed E-state index contributed by atoms with van der Waals surface area (Å²) in [5.41, 5.74) is 2.14. The Bertz CT molecular complexity index is 900. The fourth-order valence-electron chi connectivity index (χ4n) is 2.27. The molecule has 0 bridgehead atoms. The van der Waals surface area contributed by atoms with E-state index in [-0.39, 0.29) is 13.2 Å². The van der Waals surface area contributed by atoms with Crippen LogP contribution in [0.25, 0.3) is 0 Å². The Hall–Kier alpha value is -2.96. The first-order valence-corrected chi connectivity index (χ1v) is 8.92. The van der Waals surface area contributed by atoms with Crippen molar-refractivity contribution in [2.45, 2.75) is 13.2 Å². The molecule has 6 nitrogen and oxygen atoms in total. The molecule has 142 valence electrons. The number of rotatable bonds is 6. The predicted molar refractivity (Wildman–Crippen MR) is 103 cm³/mol. The first kappa shape index (κ1) is 19.8. The molecule has 2 heterocycles. The van der Waals surface area contributed by atoms with E-state index in [1.165, 1.54) is 24.5 Å². The molecule has 0 aliphatic rings. The van der Waals surface area contributed by atoms with Crippen molar-refractivity contribution >= 4 is 35.1 Å². The van der Waals surface area contributed by atoms with E-state index in [4.69, 9.17) is 32.7 Å². The summed E-state index contributed by atoms with van der Waals surface area (Å²) in [5.74, 6) is -1.01. The normalized spacial score (nSPS) is 10.4. The maximum atomic E-state index is 12.0. The number of benzene rings is 1. The van der Waals surface area contributed by atoms with Crippen molar-refractivity contribution in [2.24, 2.45) is 0 Å². The number of aromatic nitrogens is 2. The third kappa shape index (κ3) is 5.52. The average Bonchev–Trinajstić information content (AvgIpc) is 2.71. The Balaban J connectivity index is 1.54. The summed E-state index contributed by atoms with van der Waals surface area (Å²) in [6.07, 6.45) is 2.71. The lowest BCUT2D eigenvalue weighted by atomic mass is 10.1. The molecule has 0 N–H and O–H groups in total. The SMILES string of the molecule is O=C(OCc1cccc(COC(=O)c2ccc(Cl)nc2)c1)c1ccc(Cl)nc1. The Morgan fingerprint density at radius 1 is 0.750 bits per heavy atom. The molecule has 0 spiro atoms. The lowest BCUT2D eigenvalue weighted by molar-refractivity contribution is 0.0471. The highest BCUT2D eigenvalue weighted by Gasteiger charge is 2.10. The minimum Gasteiger partial charge on any atom is -0.457 e. The molecule has 3 rings (SSSR count). The van der Waals surface area contributed by atoms with Crippen LogP contribution < -0.4 is 0 Å². The zero-order valence-corrected chi connectivity index (χ0v) is 16.0. The zero-order chi connectivity index (χ0) is 19.9. The van der Waals surface area contributed by atoms with Crippen molar-refractivity contribution in [1.82, 2.24) is 9.97 Å². The van der Waals surface area contributed by atoms with Crippen LogP contribution in [0.5, 0.6) is 0 Å². The highest BCUT2D eigenvalue weighted by atomic mass is 35.5. The van der Waals surface area contributed by atoms with Gasteiger partial charge in [0, 0.05) is 12.4 Å². The first-order chi connectivity index (χ1) is 13.5. The van der Waals surface area contributed by atoms with Crippen LogP contribution >= 0.6 is 23.2 Å². The van der Waals surface area contributed by atoms with Crippen LogP contribution in [0.4, 0.5) is 0 Å². The standard InChI is InChI=1S/C20H14Cl2N2O4/c21-17-6-4-15(9-23-17)19(25)27-11-13-2-1-3-14(8-13)12-28-20(26)16-5-7-18(22)24-10-16/h1-10H,11-12H2. The molecule has 0 fully saturated rings. The lowest BCUT2D eigenvalue weighted by Gasteiger charge is -2.08. The quantitative estimate of drug-likeness (QED) is 0.434. The number of esters is 2. The van der Waals surface area contributed by atoms with Gasteiger partial charge in [0.2, 0.25) is 0 Å². The van der Waals surface area contributed by atoms with Gasteiger partial charge in [-0.1, -0.05) is 41.4 Å². The van der Waals surface area contributed by atoms with Gasteiger partial charge in [-0.05, 0) is 41.5 Å². The van der Waals surface area contributed by atoms with Crippen LogP contribution in [0.15, 0.2) is 60.9 Å². The number of hydrogen-bond acceptors (Lipinski definition) is 6. The zero-order valence-electron chi connectivity index (χ0n) is 14.5. The predicted octanol–water partition coefficient (Wildman–Crippen LogP) is 4.50. The second-order valence-corrected chi connectivity index (χ2v) is 6.49. The third-order valence-electron chi connectivity index (χ3n) is 3.66. The maximum Gasteiger partial charge on any atom is 0.340 e. The molecule has 28 heavy (non-hydrogen) atoms. The van der Waals surface area contributed by atoms with E-state index in [0.717, 1.165) is 11.1 Å². The molecule has 3 aromatic rings. The molecule has 1 aromatic carbocycles. The van der Waals surface area contributed by atoms with Crippen molar-refractivity contribution in [3.8, 4) is 0 Å². The lowest BCUT2D eigenvalue weighted by Crippen LogP contribution is -2.07. The molecule has 0 saturated heterocycles. The van der Waals surface area contributed by atoms with E-state index in [2.05, 4.69) is 9.97 Å². The van der Waals surface area contributed by atoms with Gasteiger partial charge in [-0.2, -0.15) is 0 Å². The molecule has 0 aliphatic carbocycles. The Labute approximate surface area is 171 Å². The maximum absolute atomic E-state index is 12.0. The number of hydrogen-bond donors (Lipinski definition) is 0. The minimum atomic E-state index is -0.503. The van der Waals surface area contributed by atoms with E-state index in [1.807, 2.05) is 12.1 Å². The summed E-state index contributed by atoms with van der Waals surface area (Å²) in [4.78, 5) is 31.7. The number of carbonyl (C=O) groups is 2. The first-order valence-electron chi connectivity index (χ1n) is 8.16. The average molecular weight is 417 g/mol. The Morgan fingerprint density at radius 3 is 1.61 bits per heavy atom. The summed E-state index contributed by atoms with van der Waals surface area (Å²) in [7, 11) is 0. The van der Waals surface area contributed by atoms with Crippen LogP contribution in [-0.2, 0) is 22.7 Å². The molecule has 0 radical (unpaired) electrons. The van der Waals surface area contributed by atoms with Crippen LogP contribution in [0.2, 0.25) is 10.3 Å². The van der Waals surface area contributed by atoms with Crippen molar-refractivity contribution in [3.05, 3.63) is 93.5 Å². The molecule has 0 unspecified atom stereocenters. The largest absolute Gasteiger partial charge is 0.457 e. The van der Waals surface area contributed by atoms with Gasteiger partial charge in [0.15, 0.2) is 0 Å². The molecular weight excluding hydrogens is 403 g/mol. The number of nitrogens with zero attached hydrogens (tertiary/aromatic N) is 2. The fraction of sp³-hybridized carbons (Fsp3) is 0.100. The monoisotopic (exact) mass is 416 g/mol. The van der Waals surface area contributed by atoms with Crippen molar-refractivity contribution in [1.29, 1.82) is 0 Å². The molecular formula is C20H14Cl2N2O4. The van der Waals surface area contributed by atoms with Gasteiger partial charge in [-0.25, -0.2) is 19.6 Å². The molecule has 8 heteroatoms. The second-order valence-electron chi connectivity index (χ2n) is 5.71. The Kier molecular flexibility index (Phi) is 6.57. The molecule has 2 aromatic heterocycles. The summed E-state index contributed by atoms with van der Waals surface area (Å²) in [5, 5.41) is 0.598. The van der Waals surface area contributed by atoms with E-state index < -0.39 is 11.9 Å². The van der Waals surface area contributed by atoms with E-state index in [1.54, 1.807) is 24.3 Å². The van der Waals surface area contributed by atoms with E-state index >= 15 is 0 Å². The van der Waals surface area contributed by atoms with Gasteiger partial charge < -0.3 is 9.47 Å². The van der Waals surface area contributed by atoms with E-state index in [9.17, 15) is 9.59 Å². The number of ether oxygens (including phenoxy) is 2. The van der Waals surface area contributed by atoms with Crippen molar-refractivity contribution < 1.29 is 19.1 Å². The van der Waals surface area contributed by atoms with Crippen molar-refractivity contribution in [2.75, 3.05) is 0 Å². The fourth-order valence-corrected chi connectivity index (χ4v) is 2.49. The summed E-state index contributed by atoms with van der Waals surface area (Å²) >= 11 is 11.4. The van der Waals surface area contributed by atoms with Gasteiger partial charge in [0.25, 0.3) is 0 Å². The van der Waals surface area contributed by atoms with E-state index in [0.29, 0.717) is 21.4 Å². The molecule has 0 amide bonds. The summed E-state index contributed by atoms with van der Waals surface area (Å²) < 4.78 is 10.5. The number of carbonyl (C=O) groups excluding carboxylic acids is 2. The van der Waals surface area contributed by atoms with Gasteiger partial charge in [-0.15, -0.1) is 0 Å². The van der Waals surface area contributed by atoms with Gasteiger partial charge >= 0.3 is 11.9 Å². The minimum absolute atomic E-state index is 0.0738. The highest BCUT2D eigenvalue weighted by Crippen LogP contribution is 2.12. The molecule has 0 aliphatic heterocycles. The topological polar surface area (TPSA) is 78.4 Å². The van der Waals surface area contributed by atoms with Gasteiger partial charge in [0.1, 0.15) is 23.5 Å². The highest BCUT2D eigenvalue weighted by molar-refractivity contribution is 6.29. The smallest absolute Gasteiger partial charge is 0.340 e. The summed E-state index contributed by atoms with van der Waals surface area (Å²) in [6, 6.07) is 13.3. The number of pyridine rings is 2. The summed E-state index contributed by atoms with van der Waals surface area (Å²) in [6.45, 7) is 0.148. The van der Waals surface area contributed by atoms with Crippen molar-refractivity contribution in [3.63, 3.8) is 0 Å². The second kappa shape index (κ2) is 9.30. The van der Waals surface area contributed by atoms with Gasteiger partial charge in [-0.3, -0.25) is 0 Å². The molecule has 0 atom stereocenters. The third-order valence-corrected chi connectivity index (χ3v) is 4.10. The van der Waals surface area contributed by atoms with Crippen LogP contribution in [-0.4, -0.2) is 21.9 Å². The van der Waals surface area contributed by atoms with Crippen LogP contribution in [0.1, 0.15) is 31.8 Å². The Morgan fingerprint density at radius 2 is 1.21 bits per heavy atom. The molecule has 0 saturated carbocycles.